The molecule has 0 spiro atoms. The van der Waals surface area contributed by atoms with Crippen LogP contribution in [0.25, 0.3) is 0 Å². The Morgan fingerprint density at radius 3 is 2.25 bits per heavy atom. The summed E-state index contributed by atoms with van der Waals surface area (Å²) in [4.78, 5) is 14.4. The van der Waals surface area contributed by atoms with Crippen LogP contribution in [0.3, 0.4) is 0 Å². The van der Waals surface area contributed by atoms with Crippen molar-refractivity contribution in [1.29, 1.82) is 0 Å². The molecule has 0 saturated heterocycles. The quantitative estimate of drug-likeness (QED) is 0.877. The first-order valence-electron chi connectivity index (χ1n) is 7.01. The molecule has 0 unspecified atom stereocenters. The van der Waals surface area contributed by atoms with E-state index >= 15 is 0 Å². The third-order valence-corrected chi connectivity index (χ3v) is 4.21. The summed E-state index contributed by atoms with van der Waals surface area (Å²) in [5.41, 5.74) is 7.85. The zero-order valence-electron chi connectivity index (χ0n) is 13.0. The summed E-state index contributed by atoms with van der Waals surface area (Å²) in [6.45, 7) is 7.21. The Kier molecular flexibility index (Phi) is 7.84. The van der Waals surface area contributed by atoms with Crippen LogP contribution in [0.1, 0.15) is 37.8 Å². The fourth-order valence-corrected chi connectivity index (χ4v) is 2.45. The number of hydrogen-bond acceptors (Lipinski definition) is 2. The minimum atomic E-state index is -0.405. The van der Waals surface area contributed by atoms with Crippen molar-refractivity contribution in [1.82, 2.24) is 4.90 Å². The average molecular weight is 299 g/mol. The van der Waals surface area contributed by atoms with Gasteiger partial charge in [0.05, 0.1) is 5.41 Å². The van der Waals surface area contributed by atoms with Crippen LogP contribution < -0.4 is 5.73 Å². The van der Waals surface area contributed by atoms with Crippen molar-refractivity contribution < 1.29 is 4.79 Å². The third kappa shape index (κ3) is 3.97. The van der Waals surface area contributed by atoms with Gasteiger partial charge in [0.25, 0.3) is 0 Å². The van der Waals surface area contributed by atoms with Crippen molar-refractivity contribution in [3.63, 3.8) is 0 Å². The van der Waals surface area contributed by atoms with Gasteiger partial charge in [0.2, 0.25) is 5.91 Å². The van der Waals surface area contributed by atoms with Crippen molar-refractivity contribution in [2.24, 2.45) is 11.1 Å². The molecular formula is C16H27ClN2O. The van der Waals surface area contributed by atoms with Crippen LogP contribution >= 0.6 is 12.4 Å². The van der Waals surface area contributed by atoms with Crippen molar-refractivity contribution in [2.75, 3.05) is 13.6 Å². The standard InChI is InChI=1S/C16H26N2O.ClH/c1-5-16(6-2,12-17)15(19)18(4)11-14-10-8-7-9-13(14)3;/h7-10H,5-6,11-12,17H2,1-4H3;1H. The van der Waals surface area contributed by atoms with E-state index in [1.165, 1.54) is 11.1 Å². The van der Waals surface area contributed by atoms with Gasteiger partial charge in [-0.15, -0.1) is 12.4 Å². The zero-order chi connectivity index (χ0) is 14.5. The molecule has 1 amide bonds. The maximum atomic E-state index is 12.6. The van der Waals surface area contributed by atoms with Gasteiger partial charge in [-0.05, 0) is 30.9 Å². The SMILES string of the molecule is CCC(CC)(CN)C(=O)N(C)Cc1ccccc1C.Cl. The maximum Gasteiger partial charge on any atom is 0.230 e. The Morgan fingerprint density at radius 2 is 1.80 bits per heavy atom. The highest BCUT2D eigenvalue weighted by Gasteiger charge is 2.35. The Labute approximate surface area is 128 Å². The second kappa shape index (κ2) is 8.28. The van der Waals surface area contributed by atoms with Gasteiger partial charge in [0.1, 0.15) is 0 Å². The summed E-state index contributed by atoms with van der Waals surface area (Å²) in [5, 5.41) is 0. The smallest absolute Gasteiger partial charge is 0.230 e. The molecular weight excluding hydrogens is 272 g/mol. The Balaban J connectivity index is 0.00000361. The molecule has 20 heavy (non-hydrogen) atoms. The summed E-state index contributed by atoms with van der Waals surface area (Å²) in [7, 11) is 1.87. The molecule has 2 N–H and O–H groups in total. The van der Waals surface area contributed by atoms with E-state index in [0.717, 1.165) is 12.8 Å². The van der Waals surface area contributed by atoms with Gasteiger partial charge >= 0.3 is 0 Å². The van der Waals surface area contributed by atoms with Crippen LogP contribution in [0, 0.1) is 12.3 Å². The Bertz CT molecular complexity index is 422. The van der Waals surface area contributed by atoms with Crippen LogP contribution in [0.2, 0.25) is 0 Å². The summed E-state index contributed by atoms with van der Waals surface area (Å²) in [6.07, 6.45) is 1.58. The highest BCUT2D eigenvalue weighted by molar-refractivity contribution is 5.85. The molecule has 114 valence electrons. The Hall–Kier alpha value is -1.06. The van der Waals surface area contributed by atoms with E-state index in [0.29, 0.717) is 13.1 Å². The fraction of sp³-hybridized carbons (Fsp3) is 0.562. The monoisotopic (exact) mass is 298 g/mol. The number of rotatable bonds is 6. The van der Waals surface area contributed by atoms with Gasteiger partial charge in [0.15, 0.2) is 0 Å². The molecule has 0 aliphatic carbocycles. The van der Waals surface area contributed by atoms with Crippen LogP contribution in [0.5, 0.6) is 0 Å². The third-order valence-electron chi connectivity index (χ3n) is 4.21. The fourth-order valence-electron chi connectivity index (χ4n) is 2.45. The van der Waals surface area contributed by atoms with Gasteiger partial charge in [-0.3, -0.25) is 4.79 Å². The summed E-state index contributed by atoms with van der Waals surface area (Å²) in [5.74, 6) is 0.156. The molecule has 4 heteroatoms. The molecule has 3 nitrogen and oxygen atoms in total. The number of nitrogens with two attached hydrogens (primary N) is 1. The van der Waals surface area contributed by atoms with Gasteiger partial charge in [-0.1, -0.05) is 38.1 Å². The second-order valence-electron chi connectivity index (χ2n) is 5.28. The summed E-state index contributed by atoms with van der Waals surface area (Å²) < 4.78 is 0. The molecule has 1 rings (SSSR count). The molecule has 0 saturated carbocycles. The number of carbonyl (C=O) groups is 1. The first-order chi connectivity index (χ1) is 9.00. The molecule has 0 atom stereocenters. The maximum absolute atomic E-state index is 12.6. The lowest BCUT2D eigenvalue weighted by Gasteiger charge is -2.33. The molecule has 0 aliphatic rings. The second-order valence-corrected chi connectivity index (χ2v) is 5.28. The largest absolute Gasteiger partial charge is 0.341 e. The lowest BCUT2D eigenvalue weighted by Crippen LogP contribution is -2.45. The first-order valence-corrected chi connectivity index (χ1v) is 7.01. The predicted octanol–water partition coefficient (Wildman–Crippen LogP) is 3.14. The number of hydrogen-bond donors (Lipinski definition) is 1. The van der Waals surface area contributed by atoms with Crippen LogP contribution in [0.4, 0.5) is 0 Å². The van der Waals surface area contributed by atoms with Gasteiger partial charge in [-0.25, -0.2) is 0 Å². The molecule has 1 aromatic rings. The van der Waals surface area contributed by atoms with E-state index < -0.39 is 5.41 Å². The molecule has 1 aromatic carbocycles. The summed E-state index contributed by atoms with van der Waals surface area (Å²) in [6, 6.07) is 8.17. The number of nitrogens with zero attached hydrogens (tertiary/aromatic N) is 1. The van der Waals surface area contributed by atoms with E-state index in [2.05, 4.69) is 19.1 Å². The first kappa shape index (κ1) is 18.9. The number of carbonyl (C=O) groups excluding carboxylic acids is 1. The normalized spacial score (nSPS) is 10.8. The lowest BCUT2D eigenvalue weighted by molar-refractivity contribution is -0.141. The molecule has 0 radical (unpaired) electrons. The van der Waals surface area contributed by atoms with Crippen LogP contribution in [0.15, 0.2) is 24.3 Å². The Morgan fingerprint density at radius 1 is 1.25 bits per heavy atom. The number of aryl methyl sites for hydroxylation is 1. The van der Waals surface area contributed by atoms with Gasteiger partial charge in [-0.2, -0.15) is 0 Å². The predicted molar refractivity (Wildman–Crippen MR) is 87.0 cm³/mol. The molecule has 0 bridgehead atoms. The average Bonchev–Trinajstić information content (AvgIpc) is 2.43. The van der Waals surface area contributed by atoms with Crippen LogP contribution in [-0.2, 0) is 11.3 Å². The van der Waals surface area contributed by atoms with Crippen molar-refractivity contribution in [3.8, 4) is 0 Å². The molecule has 0 fully saturated rings. The molecule has 0 aromatic heterocycles. The van der Waals surface area contributed by atoms with E-state index in [4.69, 9.17) is 5.73 Å². The van der Waals surface area contributed by atoms with Crippen molar-refractivity contribution >= 4 is 18.3 Å². The van der Waals surface area contributed by atoms with Gasteiger partial charge in [0, 0.05) is 20.1 Å². The summed E-state index contributed by atoms with van der Waals surface area (Å²) >= 11 is 0. The van der Waals surface area contributed by atoms with Crippen molar-refractivity contribution in [3.05, 3.63) is 35.4 Å². The van der Waals surface area contributed by atoms with Gasteiger partial charge < -0.3 is 10.6 Å². The zero-order valence-corrected chi connectivity index (χ0v) is 13.8. The minimum absolute atomic E-state index is 0. The van der Waals surface area contributed by atoms with Crippen molar-refractivity contribution in [2.45, 2.75) is 40.2 Å². The van der Waals surface area contributed by atoms with E-state index in [1.54, 1.807) is 0 Å². The molecule has 0 heterocycles. The van der Waals surface area contributed by atoms with E-state index in [1.807, 2.05) is 37.9 Å². The number of halogens is 1. The van der Waals surface area contributed by atoms with E-state index in [9.17, 15) is 4.79 Å². The highest BCUT2D eigenvalue weighted by Crippen LogP contribution is 2.28. The molecule has 0 aliphatic heterocycles. The van der Waals surface area contributed by atoms with E-state index in [-0.39, 0.29) is 18.3 Å². The minimum Gasteiger partial charge on any atom is -0.341 e. The highest BCUT2D eigenvalue weighted by atomic mass is 35.5. The number of benzene rings is 1. The number of amides is 1. The lowest BCUT2D eigenvalue weighted by atomic mass is 9.81. The van der Waals surface area contributed by atoms with Crippen LogP contribution in [-0.4, -0.2) is 24.4 Å². The topological polar surface area (TPSA) is 46.3 Å².